The molecule has 2 aliphatic carbocycles. The van der Waals surface area contributed by atoms with Gasteiger partial charge in [-0.25, -0.2) is 0 Å². The van der Waals surface area contributed by atoms with Gasteiger partial charge < -0.3 is 5.32 Å². The van der Waals surface area contributed by atoms with E-state index in [1.54, 1.807) is 6.20 Å². The third-order valence-corrected chi connectivity index (χ3v) is 5.27. The molecule has 2 nitrogen and oxygen atoms in total. The molecule has 4 unspecified atom stereocenters. The second-order valence-corrected chi connectivity index (χ2v) is 6.32. The molecule has 98 valence electrons. The number of nitrogens with zero attached hydrogens (tertiary/aromatic N) is 1. The van der Waals surface area contributed by atoms with Crippen LogP contribution >= 0.6 is 11.6 Å². The monoisotopic (exact) mass is 264 g/mol. The first-order chi connectivity index (χ1) is 8.78. The van der Waals surface area contributed by atoms with E-state index >= 15 is 0 Å². The summed E-state index contributed by atoms with van der Waals surface area (Å²) in [6.45, 7) is 0. The summed E-state index contributed by atoms with van der Waals surface area (Å²) in [6, 6.07) is 2.43. The number of fused-ring (bicyclic) bond motifs is 2. The molecular formula is C15H21ClN2. The predicted molar refractivity (Wildman–Crippen MR) is 74.6 cm³/mol. The summed E-state index contributed by atoms with van der Waals surface area (Å²) in [5.74, 6) is 2.89. The zero-order valence-electron chi connectivity index (χ0n) is 10.9. The molecule has 0 radical (unpaired) electrons. The van der Waals surface area contributed by atoms with E-state index in [1.807, 2.05) is 13.2 Å². The summed E-state index contributed by atoms with van der Waals surface area (Å²) >= 11 is 6.26. The minimum atomic E-state index is 0.379. The van der Waals surface area contributed by atoms with E-state index < -0.39 is 0 Å². The molecule has 18 heavy (non-hydrogen) atoms. The molecule has 0 saturated heterocycles. The van der Waals surface area contributed by atoms with Crippen LogP contribution < -0.4 is 5.32 Å². The van der Waals surface area contributed by atoms with Crippen molar-refractivity contribution in [3.63, 3.8) is 0 Å². The number of nitrogens with one attached hydrogen (secondary N) is 1. The fraction of sp³-hybridized carbons (Fsp3) is 0.667. The lowest BCUT2D eigenvalue weighted by Crippen LogP contribution is -2.23. The Hall–Kier alpha value is -0.600. The smallest absolute Gasteiger partial charge is 0.0637 e. The van der Waals surface area contributed by atoms with Gasteiger partial charge in [0, 0.05) is 18.4 Å². The Morgan fingerprint density at radius 1 is 1.44 bits per heavy atom. The first-order valence-electron chi connectivity index (χ1n) is 7.04. The zero-order chi connectivity index (χ0) is 12.5. The van der Waals surface area contributed by atoms with Gasteiger partial charge in [0.1, 0.15) is 0 Å². The molecule has 2 aliphatic rings. The molecular weight excluding hydrogens is 244 g/mol. The lowest BCUT2D eigenvalue weighted by molar-refractivity contribution is 0.284. The average molecular weight is 265 g/mol. The van der Waals surface area contributed by atoms with Gasteiger partial charge in [0.2, 0.25) is 0 Å². The fourth-order valence-corrected chi connectivity index (χ4v) is 4.29. The number of rotatable bonds is 4. The van der Waals surface area contributed by atoms with Crippen molar-refractivity contribution >= 4 is 11.6 Å². The van der Waals surface area contributed by atoms with Gasteiger partial charge in [0.05, 0.1) is 5.02 Å². The Labute approximate surface area is 114 Å². The van der Waals surface area contributed by atoms with Gasteiger partial charge in [-0.05, 0) is 62.1 Å². The molecule has 0 aromatic carbocycles. The van der Waals surface area contributed by atoms with Gasteiger partial charge in [-0.1, -0.05) is 18.0 Å². The zero-order valence-corrected chi connectivity index (χ0v) is 11.7. The van der Waals surface area contributed by atoms with Crippen molar-refractivity contribution in [1.29, 1.82) is 0 Å². The van der Waals surface area contributed by atoms with Gasteiger partial charge in [0.15, 0.2) is 0 Å². The summed E-state index contributed by atoms with van der Waals surface area (Å²) in [6.07, 6.45) is 10.7. The molecule has 1 N–H and O–H groups in total. The Morgan fingerprint density at radius 3 is 2.94 bits per heavy atom. The van der Waals surface area contributed by atoms with E-state index in [-0.39, 0.29) is 0 Å². The van der Waals surface area contributed by atoms with Gasteiger partial charge in [0.25, 0.3) is 0 Å². The topological polar surface area (TPSA) is 24.9 Å². The number of aromatic nitrogens is 1. The van der Waals surface area contributed by atoms with Crippen LogP contribution in [0.4, 0.5) is 0 Å². The molecule has 3 heteroatoms. The summed E-state index contributed by atoms with van der Waals surface area (Å²) in [4.78, 5) is 4.07. The van der Waals surface area contributed by atoms with Crippen LogP contribution in [0.3, 0.4) is 0 Å². The maximum absolute atomic E-state index is 6.26. The largest absolute Gasteiger partial charge is 0.313 e. The van der Waals surface area contributed by atoms with Crippen LogP contribution in [0, 0.1) is 17.8 Å². The van der Waals surface area contributed by atoms with E-state index in [1.165, 1.54) is 37.7 Å². The standard InChI is InChI=1S/C15H21ClN2/c1-17-15(13-4-5-18-9-14(13)16)8-12-7-10-2-3-11(12)6-10/h4-5,9-12,15,17H,2-3,6-8H2,1H3. The van der Waals surface area contributed by atoms with Crippen LogP contribution in [0.25, 0.3) is 0 Å². The Morgan fingerprint density at radius 2 is 2.33 bits per heavy atom. The fourth-order valence-electron chi connectivity index (χ4n) is 4.04. The van der Waals surface area contributed by atoms with Crippen molar-refractivity contribution in [3.8, 4) is 0 Å². The van der Waals surface area contributed by atoms with Crippen molar-refractivity contribution < 1.29 is 0 Å². The molecule has 1 heterocycles. The van der Waals surface area contributed by atoms with Crippen LogP contribution in [0.5, 0.6) is 0 Å². The quantitative estimate of drug-likeness (QED) is 0.894. The maximum Gasteiger partial charge on any atom is 0.0637 e. The third-order valence-electron chi connectivity index (χ3n) is 4.95. The Balaban J connectivity index is 1.72. The highest BCUT2D eigenvalue weighted by Crippen LogP contribution is 2.51. The summed E-state index contributed by atoms with van der Waals surface area (Å²) < 4.78 is 0. The highest BCUT2D eigenvalue weighted by atomic mass is 35.5. The van der Waals surface area contributed by atoms with Crippen molar-refractivity contribution in [2.45, 2.75) is 38.1 Å². The molecule has 2 fully saturated rings. The number of pyridine rings is 1. The summed E-state index contributed by atoms with van der Waals surface area (Å²) in [5, 5.41) is 4.22. The van der Waals surface area contributed by atoms with Crippen LogP contribution in [0.15, 0.2) is 18.5 Å². The molecule has 3 rings (SSSR count). The lowest BCUT2D eigenvalue weighted by Gasteiger charge is -2.27. The van der Waals surface area contributed by atoms with Crippen molar-refractivity contribution in [2.75, 3.05) is 7.05 Å². The van der Waals surface area contributed by atoms with E-state index in [0.29, 0.717) is 6.04 Å². The molecule has 1 aromatic heterocycles. The van der Waals surface area contributed by atoms with Gasteiger partial charge >= 0.3 is 0 Å². The van der Waals surface area contributed by atoms with Crippen LogP contribution in [-0.2, 0) is 0 Å². The minimum absolute atomic E-state index is 0.379. The van der Waals surface area contributed by atoms with Crippen molar-refractivity contribution in [3.05, 3.63) is 29.0 Å². The van der Waals surface area contributed by atoms with Crippen molar-refractivity contribution in [2.24, 2.45) is 17.8 Å². The Kier molecular flexibility index (Phi) is 3.58. The molecule has 4 atom stereocenters. The number of halogens is 1. The Bertz CT molecular complexity index is 421. The first-order valence-corrected chi connectivity index (χ1v) is 7.42. The molecule has 0 spiro atoms. The minimum Gasteiger partial charge on any atom is -0.313 e. The van der Waals surface area contributed by atoms with Crippen molar-refractivity contribution in [1.82, 2.24) is 10.3 Å². The van der Waals surface area contributed by atoms with Gasteiger partial charge in [-0.15, -0.1) is 0 Å². The lowest BCUT2D eigenvalue weighted by atomic mass is 9.83. The van der Waals surface area contributed by atoms with E-state index in [9.17, 15) is 0 Å². The van der Waals surface area contributed by atoms with E-state index in [2.05, 4.69) is 16.4 Å². The number of hydrogen-bond acceptors (Lipinski definition) is 2. The number of hydrogen-bond donors (Lipinski definition) is 1. The van der Waals surface area contributed by atoms with E-state index in [4.69, 9.17) is 11.6 Å². The van der Waals surface area contributed by atoms with Gasteiger partial charge in [-0.3, -0.25) is 4.98 Å². The average Bonchev–Trinajstić information content (AvgIpc) is 2.99. The first kappa shape index (κ1) is 12.4. The second-order valence-electron chi connectivity index (χ2n) is 5.91. The van der Waals surface area contributed by atoms with E-state index in [0.717, 1.165) is 22.8 Å². The highest BCUT2D eigenvalue weighted by Gasteiger charge is 2.40. The van der Waals surface area contributed by atoms with Crippen LogP contribution in [0.1, 0.15) is 43.7 Å². The second kappa shape index (κ2) is 5.18. The normalized spacial score (nSPS) is 31.8. The highest BCUT2D eigenvalue weighted by molar-refractivity contribution is 6.31. The van der Waals surface area contributed by atoms with Gasteiger partial charge in [-0.2, -0.15) is 0 Å². The summed E-state index contributed by atoms with van der Waals surface area (Å²) in [5.41, 5.74) is 1.21. The summed E-state index contributed by atoms with van der Waals surface area (Å²) in [7, 11) is 2.04. The third kappa shape index (κ3) is 2.28. The molecule has 0 aliphatic heterocycles. The molecule has 1 aromatic rings. The van der Waals surface area contributed by atoms with Crippen LogP contribution in [-0.4, -0.2) is 12.0 Å². The van der Waals surface area contributed by atoms with Crippen LogP contribution in [0.2, 0.25) is 5.02 Å². The molecule has 0 amide bonds. The molecule has 2 bridgehead atoms. The molecule has 2 saturated carbocycles. The maximum atomic E-state index is 6.26. The SMILES string of the molecule is CNC(CC1CC2CCC1C2)c1ccncc1Cl. The predicted octanol–water partition coefficient (Wildman–Crippen LogP) is 3.82.